The molecule has 0 aliphatic carbocycles. The third-order valence-corrected chi connectivity index (χ3v) is 5.63. The second-order valence-electron chi connectivity index (χ2n) is 4.57. The minimum absolute atomic E-state index is 0.189. The molecular weight excluding hydrogens is 318 g/mol. The lowest BCUT2D eigenvalue weighted by Crippen LogP contribution is -2.42. The van der Waals surface area contributed by atoms with Gasteiger partial charge in [0.25, 0.3) is 0 Å². The molecule has 0 spiro atoms. The van der Waals surface area contributed by atoms with Crippen LogP contribution in [0.3, 0.4) is 0 Å². The summed E-state index contributed by atoms with van der Waals surface area (Å²) in [7, 11) is -3.50. The minimum atomic E-state index is -3.50. The number of rotatable bonds is 2. The maximum atomic E-state index is 12.5. The first-order chi connectivity index (χ1) is 8.41. The number of nitrogens with zero attached hydrogens (tertiary/aromatic N) is 1. The number of aliphatic hydroxyl groups excluding tert-OH is 1. The molecule has 0 bridgehead atoms. The van der Waals surface area contributed by atoms with Crippen molar-refractivity contribution in [2.24, 2.45) is 0 Å². The van der Waals surface area contributed by atoms with Crippen LogP contribution in [0, 0.1) is 6.92 Å². The van der Waals surface area contributed by atoms with E-state index in [1.165, 1.54) is 4.31 Å². The van der Waals surface area contributed by atoms with E-state index in [1.54, 1.807) is 19.1 Å². The molecule has 1 fully saturated rings. The van der Waals surface area contributed by atoms with Gasteiger partial charge in [-0.25, -0.2) is 8.42 Å². The maximum Gasteiger partial charge on any atom is 0.243 e. The number of aliphatic hydroxyl groups is 1. The summed E-state index contributed by atoms with van der Waals surface area (Å²) in [5, 5.41) is 9.60. The Bertz CT molecular complexity index is 544. The van der Waals surface area contributed by atoms with E-state index < -0.39 is 16.1 Å². The zero-order chi connectivity index (χ0) is 13.3. The Morgan fingerprint density at radius 3 is 2.83 bits per heavy atom. The van der Waals surface area contributed by atoms with Crippen molar-refractivity contribution in [1.29, 1.82) is 0 Å². The molecule has 1 aromatic carbocycles. The van der Waals surface area contributed by atoms with E-state index in [-0.39, 0.29) is 6.54 Å². The summed E-state index contributed by atoms with van der Waals surface area (Å²) in [5.41, 5.74) is 0.721. The Kier molecular flexibility index (Phi) is 4.11. The van der Waals surface area contributed by atoms with Crippen LogP contribution in [0.2, 0.25) is 0 Å². The minimum Gasteiger partial charge on any atom is -0.392 e. The number of sulfonamides is 1. The SMILES string of the molecule is Cc1ccc(Br)cc1S(=O)(=O)N1CCCC(O)C1. The van der Waals surface area contributed by atoms with Crippen LogP contribution in [0.4, 0.5) is 0 Å². The molecule has 4 nitrogen and oxygen atoms in total. The Morgan fingerprint density at radius 1 is 1.44 bits per heavy atom. The second-order valence-corrected chi connectivity index (χ2v) is 7.39. The average molecular weight is 334 g/mol. The van der Waals surface area contributed by atoms with E-state index in [1.807, 2.05) is 6.07 Å². The molecule has 1 N–H and O–H groups in total. The highest BCUT2D eigenvalue weighted by Crippen LogP contribution is 2.26. The predicted molar refractivity (Wildman–Crippen MR) is 72.9 cm³/mol. The van der Waals surface area contributed by atoms with Gasteiger partial charge in [-0.3, -0.25) is 0 Å². The molecule has 6 heteroatoms. The van der Waals surface area contributed by atoms with Crippen LogP contribution in [-0.4, -0.2) is 37.0 Å². The van der Waals surface area contributed by atoms with Gasteiger partial charge in [-0.2, -0.15) is 4.31 Å². The molecule has 1 unspecified atom stereocenters. The molecule has 0 aromatic heterocycles. The van der Waals surface area contributed by atoms with E-state index in [0.717, 1.165) is 10.0 Å². The predicted octanol–water partition coefficient (Wildman–Crippen LogP) is 1.90. The van der Waals surface area contributed by atoms with Crippen molar-refractivity contribution in [3.05, 3.63) is 28.2 Å². The van der Waals surface area contributed by atoms with Crippen molar-refractivity contribution in [3.8, 4) is 0 Å². The maximum absolute atomic E-state index is 12.5. The number of benzene rings is 1. The van der Waals surface area contributed by atoms with Crippen LogP contribution in [0.15, 0.2) is 27.6 Å². The largest absolute Gasteiger partial charge is 0.392 e. The van der Waals surface area contributed by atoms with Crippen molar-refractivity contribution in [1.82, 2.24) is 4.31 Å². The van der Waals surface area contributed by atoms with Crippen LogP contribution in [0.25, 0.3) is 0 Å². The van der Waals surface area contributed by atoms with Gasteiger partial charge >= 0.3 is 0 Å². The van der Waals surface area contributed by atoms with E-state index in [2.05, 4.69) is 15.9 Å². The highest BCUT2D eigenvalue weighted by atomic mass is 79.9. The molecule has 1 aliphatic heterocycles. The lowest BCUT2D eigenvalue weighted by molar-refractivity contribution is 0.108. The number of piperidine rings is 1. The van der Waals surface area contributed by atoms with Gasteiger partial charge < -0.3 is 5.11 Å². The van der Waals surface area contributed by atoms with Gasteiger partial charge in [0.2, 0.25) is 10.0 Å². The number of hydrogen-bond donors (Lipinski definition) is 1. The lowest BCUT2D eigenvalue weighted by atomic mass is 10.1. The van der Waals surface area contributed by atoms with E-state index in [9.17, 15) is 13.5 Å². The van der Waals surface area contributed by atoms with Crippen LogP contribution in [0.5, 0.6) is 0 Å². The topological polar surface area (TPSA) is 57.6 Å². The monoisotopic (exact) mass is 333 g/mol. The van der Waals surface area contributed by atoms with Gasteiger partial charge in [0, 0.05) is 17.6 Å². The quantitative estimate of drug-likeness (QED) is 0.899. The highest BCUT2D eigenvalue weighted by molar-refractivity contribution is 9.10. The first-order valence-corrected chi connectivity index (χ1v) is 8.09. The van der Waals surface area contributed by atoms with Crippen LogP contribution < -0.4 is 0 Å². The van der Waals surface area contributed by atoms with Crippen molar-refractivity contribution >= 4 is 26.0 Å². The summed E-state index contributed by atoms with van der Waals surface area (Å²) < 4.78 is 27.1. The summed E-state index contributed by atoms with van der Waals surface area (Å²) >= 11 is 3.29. The molecule has 0 saturated carbocycles. The van der Waals surface area contributed by atoms with Gasteiger partial charge in [-0.1, -0.05) is 22.0 Å². The summed E-state index contributed by atoms with van der Waals surface area (Å²) in [6.45, 7) is 2.44. The number of aryl methyl sites for hydroxylation is 1. The molecule has 2 rings (SSSR count). The van der Waals surface area contributed by atoms with Crippen molar-refractivity contribution in [3.63, 3.8) is 0 Å². The van der Waals surface area contributed by atoms with Gasteiger partial charge in [0.1, 0.15) is 0 Å². The Balaban J connectivity index is 2.38. The van der Waals surface area contributed by atoms with Crippen molar-refractivity contribution < 1.29 is 13.5 Å². The third-order valence-electron chi connectivity index (χ3n) is 3.13. The number of β-amino-alcohol motifs (C(OH)–C–C–N with tert-alkyl or cyclic N) is 1. The molecule has 1 aromatic rings. The standard InChI is InChI=1S/C12H16BrNO3S/c1-9-4-5-10(13)7-12(9)18(16,17)14-6-2-3-11(15)8-14/h4-5,7,11,15H,2-3,6,8H2,1H3. The van der Waals surface area contributed by atoms with Crippen molar-refractivity contribution in [2.75, 3.05) is 13.1 Å². The molecule has 0 radical (unpaired) electrons. The van der Waals surface area contributed by atoms with Gasteiger partial charge in [-0.15, -0.1) is 0 Å². The van der Waals surface area contributed by atoms with E-state index >= 15 is 0 Å². The van der Waals surface area contributed by atoms with E-state index in [0.29, 0.717) is 24.3 Å². The van der Waals surface area contributed by atoms with Crippen LogP contribution >= 0.6 is 15.9 Å². The molecule has 0 amide bonds. The molecule has 100 valence electrons. The van der Waals surface area contributed by atoms with Crippen LogP contribution in [0.1, 0.15) is 18.4 Å². The first kappa shape index (κ1) is 14.0. The fourth-order valence-corrected chi connectivity index (χ4v) is 4.41. The number of hydrogen-bond acceptors (Lipinski definition) is 3. The molecule has 1 atom stereocenters. The zero-order valence-corrected chi connectivity index (χ0v) is 12.5. The Labute approximate surface area is 116 Å². The summed E-state index contributed by atoms with van der Waals surface area (Å²) in [6, 6.07) is 5.21. The molecule has 18 heavy (non-hydrogen) atoms. The Hall–Kier alpha value is -0.430. The third kappa shape index (κ3) is 2.77. The van der Waals surface area contributed by atoms with Crippen LogP contribution in [-0.2, 0) is 10.0 Å². The lowest BCUT2D eigenvalue weighted by Gasteiger charge is -2.29. The van der Waals surface area contributed by atoms with E-state index in [4.69, 9.17) is 0 Å². The summed E-state index contributed by atoms with van der Waals surface area (Å²) in [4.78, 5) is 0.311. The number of halogens is 1. The summed E-state index contributed by atoms with van der Waals surface area (Å²) in [6.07, 6.45) is 0.817. The van der Waals surface area contributed by atoms with Crippen molar-refractivity contribution in [2.45, 2.75) is 30.8 Å². The summed E-state index contributed by atoms with van der Waals surface area (Å²) in [5.74, 6) is 0. The van der Waals surface area contributed by atoms with Gasteiger partial charge in [0.05, 0.1) is 11.0 Å². The fraction of sp³-hybridized carbons (Fsp3) is 0.500. The fourth-order valence-electron chi connectivity index (χ4n) is 2.13. The average Bonchev–Trinajstić information content (AvgIpc) is 2.32. The molecule has 1 aliphatic rings. The molecule has 1 heterocycles. The zero-order valence-electron chi connectivity index (χ0n) is 10.1. The smallest absolute Gasteiger partial charge is 0.243 e. The molecular formula is C12H16BrNO3S. The van der Waals surface area contributed by atoms with Gasteiger partial charge in [0.15, 0.2) is 0 Å². The first-order valence-electron chi connectivity index (χ1n) is 5.85. The van der Waals surface area contributed by atoms with Gasteiger partial charge in [-0.05, 0) is 37.5 Å². The highest BCUT2D eigenvalue weighted by Gasteiger charge is 2.30. The second kappa shape index (κ2) is 5.28. The molecule has 1 saturated heterocycles. The normalized spacial score (nSPS) is 22.1. The Morgan fingerprint density at radius 2 is 2.17 bits per heavy atom.